The van der Waals surface area contributed by atoms with Crippen LogP contribution in [-0.2, 0) is 0 Å². The van der Waals surface area contributed by atoms with Crippen LogP contribution in [0.2, 0.25) is 0 Å². The van der Waals surface area contributed by atoms with Gasteiger partial charge in [0.2, 0.25) is 0 Å². The molecular formula is C12H18N2. The maximum absolute atomic E-state index is 4.27. The average molecular weight is 190 g/mol. The van der Waals surface area contributed by atoms with E-state index in [9.17, 15) is 0 Å². The predicted molar refractivity (Wildman–Crippen MR) is 58.2 cm³/mol. The van der Waals surface area contributed by atoms with Gasteiger partial charge in [-0.1, -0.05) is 12.5 Å². The van der Waals surface area contributed by atoms with Crippen LogP contribution in [0.15, 0.2) is 18.5 Å². The molecule has 0 bridgehead atoms. The number of aryl methyl sites for hydroxylation is 1. The molecule has 0 radical (unpaired) electrons. The van der Waals surface area contributed by atoms with Crippen LogP contribution in [0.5, 0.6) is 0 Å². The van der Waals surface area contributed by atoms with Gasteiger partial charge in [-0.3, -0.25) is 9.88 Å². The topological polar surface area (TPSA) is 16.1 Å². The number of nitrogens with zero attached hydrogens (tertiary/aromatic N) is 2. The Labute approximate surface area is 86.0 Å². The molecule has 0 saturated carbocycles. The quantitative estimate of drug-likeness (QED) is 0.676. The highest BCUT2D eigenvalue weighted by Crippen LogP contribution is 2.29. The van der Waals surface area contributed by atoms with Crippen molar-refractivity contribution in [2.45, 2.75) is 32.2 Å². The summed E-state index contributed by atoms with van der Waals surface area (Å²) in [5.41, 5.74) is 2.65. The summed E-state index contributed by atoms with van der Waals surface area (Å²) in [5, 5.41) is 0. The van der Waals surface area contributed by atoms with Gasteiger partial charge in [-0.2, -0.15) is 0 Å². The maximum atomic E-state index is 4.27. The van der Waals surface area contributed by atoms with Gasteiger partial charge in [-0.25, -0.2) is 0 Å². The van der Waals surface area contributed by atoms with Crippen molar-refractivity contribution in [1.82, 2.24) is 9.88 Å². The van der Waals surface area contributed by atoms with E-state index in [1.165, 1.54) is 36.9 Å². The van der Waals surface area contributed by atoms with Gasteiger partial charge in [0.05, 0.1) is 0 Å². The minimum atomic E-state index is 0.594. The Hall–Kier alpha value is -0.890. The third kappa shape index (κ3) is 1.95. The molecule has 1 aliphatic heterocycles. The highest BCUT2D eigenvalue weighted by atomic mass is 15.1. The molecule has 2 heteroatoms. The van der Waals surface area contributed by atoms with E-state index < -0.39 is 0 Å². The van der Waals surface area contributed by atoms with Crippen molar-refractivity contribution in [1.29, 1.82) is 0 Å². The molecule has 1 saturated heterocycles. The van der Waals surface area contributed by atoms with Crippen molar-refractivity contribution in [3.63, 3.8) is 0 Å². The Morgan fingerprint density at radius 2 is 2.21 bits per heavy atom. The lowest BCUT2D eigenvalue weighted by atomic mass is 9.96. The van der Waals surface area contributed by atoms with Crippen molar-refractivity contribution < 1.29 is 0 Å². The first-order chi connectivity index (χ1) is 6.77. The fraction of sp³-hybridized carbons (Fsp3) is 0.583. The van der Waals surface area contributed by atoms with Crippen molar-refractivity contribution >= 4 is 0 Å². The third-order valence-electron chi connectivity index (χ3n) is 3.05. The number of pyridine rings is 1. The monoisotopic (exact) mass is 190 g/mol. The molecule has 1 fully saturated rings. The molecule has 0 spiro atoms. The standard InChI is InChI=1S/C12H18N2/c1-10-7-11(9-13-8-10)12-5-3-4-6-14(12)2/h7-9,12H,3-6H2,1-2H3. The van der Waals surface area contributed by atoms with Crippen LogP contribution in [0.4, 0.5) is 0 Å². The maximum Gasteiger partial charge on any atom is 0.0360 e. The van der Waals surface area contributed by atoms with E-state index in [2.05, 4.69) is 29.9 Å². The molecule has 76 valence electrons. The van der Waals surface area contributed by atoms with Crippen molar-refractivity contribution in [3.05, 3.63) is 29.6 Å². The molecule has 1 atom stereocenters. The molecule has 1 aliphatic rings. The Morgan fingerprint density at radius 3 is 2.93 bits per heavy atom. The average Bonchev–Trinajstić information content (AvgIpc) is 2.18. The zero-order chi connectivity index (χ0) is 9.97. The minimum Gasteiger partial charge on any atom is -0.299 e. The first kappa shape index (κ1) is 9.66. The first-order valence-corrected chi connectivity index (χ1v) is 5.39. The summed E-state index contributed by atoms with van der Waals surface area (Å²) in [6.07, 6.45) is 7.91. The fourth-order valence-corrected chi connectivity index (χ4v) is 2.26. The number of piperidine rings is 1. The molecule has 1 unspecified atom stereocenters. The van der Waals surface area contributed by atoms with E-state index >= 15 is 0 Å². The second-order valence-corrected chi connectivity index (χ2v) is 4.29. The van der Waals surface area contributed by atoms with E-state index in [0.717, 1.165) is 0 Å². The minimum absolute atomic E-state index is 0.594. The molecule has 1 aromatic heterocycles. The third-order valence-corrected chi connectivity index (χ3v) is 3.05. The highest BCUT2D eigenvalue weighted by Gasteiger charge is 2.20. The molecule has 2 nitrogen and oxygen atoms in total. The van der Waals surface area contributed by atoms with Crippen LogP contribution in [0.1, 0.15) is 36.4 Å². The summed E-state index contributed by atoms with van der Waals surface area (Å²) in [4.78, 5) is 6.71. The van der Waals surface area contributed by atoms with Crippen molar-refractivity contribution in [2.75, 3.05) is 13.6 Å². The van der Waals surface area contributed by atoms with Crippen LogP contribution in [0.25, 0.3) is 0 Å². The van der Waals surface area contributed by atoms with Gasteiger partial charge in [0.15, 0.2) is 0 Å². The fourth-order valence-electron chi connectivity index (χ4n) is 2.26. The number of rotatable bonds is 1. The number of aromatic nitrogens is 1. The second kappa shape index (κ2) is 4.09. The molecule has 2 rings (SSSR count). The zero-order valence-corrected chi connectivity index (χ0v) is 9.03. The smallest absolute Gasteiger partial charge is 0.0360 e. The first-order valence-electron chi connectivity index (χ1n) is 5.39. The molecule has 0 aromatic carbocycles. The van der Waals surface area contributed by atoms with Gasteiger partial charge in [-0.05, 0) is 44.5 Å². The van der Waals surface area contributed by atoms with E-state index in [4.69, 9.17) is 0 Å². The summed E-state index contributed by atoms with van der Waals surface area (Å²) >= 11 is 0. The summed E-state index contributed by atoms with van der Waals surface area (Å²) < 4.78 is 0. The zero-order valence-electron chi connectivity index (χ0n) is 9.03. The Bertz CT molecular complexity index is 309. The summed E-state index contributed by atoms with van der Waals surface area (Å²) in [6, 6.07) is 2.86. The highest BCUT2D eigenvalue weighted by molar-refractivity contribution is 5.20. The molecular weight excluding hydrogens is 172 g/mol. The summed E-state index contributed by atoms with van der Waals surface area (Å²) in [6.45, 7) is 3.33. The molecule has 14 heavy (non-hydrogen) atoms. The van der Waals surface area contributed by atoms with E-state index in [-0.39, 0.29) is 0 Å². The van der Waals surface area contributed by atoms with E-state index in [1.807, 2.05) is 12.4 Å². The van der Waals surface area contributed by atoms with Crippen molar-refractivity contribution in [2.24, 2.45) is 0 Å². The second-order valence-electron chi connectivity index (χ2n) is 4.29. The number of hydrogen-bond donors (Lipinski definition) is 0. The summed E-state index contributed by atoms with van der Waals surface area (Å²) in [7, 11) is 2.21. The number of hydrogen-bond acceptors (Lipinski definition) is 2. The predicted octanol–water partition coefficient (Wildman–Crippen LogP) is 2.55. The molecule has 2 heterocycles. The van der Waals surface area contributed by atoms with Gasteiger partial charge < -0.3 is 0 Å². The normalized spacial score (nSPS) is 23.7. The van der Waals surface area contributed by atoms with Gasteiger partial charge in [0.25, 0.3) is 0 Å². The van der Waals surface area contributed by atoms with Crippen LogP contribution < -0.4 is 0 Å². The molecule has 0 aliphatic carbocycles. The Morgan fingerprint density at radius 1 is 1.36 bits per heavy atom. The van der Waals surface area contributed by atoms with Crippen LogP contribution >= 0.6 is 0 Å². The largest absolute Gasteiger partial charge is 0.299 e. The number of likely N-dealkylation sites (tertiary alicyclic amines) is 1. The van der Waals surface area contributed by atoms with Crippen LogP contribution in [-0.4, -0.2) is 23.5 Å². The Kier molecular flexibility index (Phi) is 2.82. The lowest BCUT2D eigenvalue weighted by molar-refractivity contribution is 0.187. The SMILES string of the molecule is Cc1cncc(C2CCCCN2C)c1. The molecule has 0 N–H and O–H groups in total. The molecule has 1 aromatic rings. The van der Waals surface area contributed by atoms with E-state index in [0.29, 0.717) is 6.04 Å². The lowest BCUT2D eigenvalue weighted by Crippen LogP contribution is -2.29. The lowest BCUT2D eigenvalue weighted by Gasteiger charge is -2.32. The van der Waals surface area contributed by atoms with E-state index in [1.54, 1.807) is 0 Å². The van der Waals surface area contributed by atoms with Gasteiger partial charge in [0.1, 0.15) is 0 Å². The van der Waals surface area contributed by atoms with Crippen molar-refractivity contribution in [3.8, 4) is 0 Å². The van der Waals surface area contributed by atoms with Gasteiger partial charge in [0, 0.05) is 18.4 Å². The van der Waals surface area contributed by atoms with Gasteiger partial charge in [-0.15, -0.1) is 0 Å². The molecule has 0 amide bonds. The Balaban J connectivity index is 2.20. The summed E-state index contributed by atoms with van der Waals surface area (Å²) in [5.74, 6) is 0. The van der Waals surface area contributed by atoms with Crippen LogP contribution in [0, 0.1) is 6.92 Å². The van der Waals surface area contributed by atoms with Crippen LogP contribution in [0.3, 0.4) is 0 Å². The van der Waals surface area contributed by atoms with Gasteiger partial charge >= 0.3 is 0 Å².